The van der Waals surface area contributed by atoms with Crippen molar-refractivity contribution in [3.8, 4) is 0 Å². The van der Waals surface area contributed by atoms with Crippen molar-refractivity contribution in [2.24, 2.45) is 16.7 Å². The minimum absolute atomic E-state index is 0.436. The molecule has 3 fully saturated rings. The van der Waals surface area contributed by atoms with E-state index in [0.717, 1.165) is 18.0 Å². The lowest BCUT2D eigenvalue weighted by Crippen LogP contribution is -2.67. The standard InChI is InChI=1S/C24H36N2/c1-5-19(11-18-9-7-6-8-10-18)21-12-22(21)25-20-13-24(14-20)16-26(17-24)15-23(2,3)4/h6-11,20-22,25H,5,12-17H2,1-4H3/b19-11+/t21-,22+/m0/s1. The number of hydrogen-bond donors (Lipinski definition) is 1. The molecule has 1 heterocycles. The summed E-state index contributed by atoms with van der Waals surface area (Å²) >= 11 is 0. The van der Waals surface area contributed by atoms with Crippen molar-refractivity contribution in [2.75, 3.05) is 19.6 Å². The fraction of sp³-hybridized carbons (Fsp3) is 0.667. The molecule has 26 heavy (non-hydrogen) atoms. The van der Waals surface area contributed by atoms with E-state index in [1.54, 1.807) is 5.57 Å². The molecule has 1 aromatic carbocycles. The number of nitrogens with zero attached hydrogens (tertiary/aromatic N) is 1. The van der Waals surface area contributed by atoms with Crippen LogP contribution in [0.3, 0.4) is 0 Å². The molecule has 1 saturated heterocycles. The molecule has 142 valence electrons. The van der Waals surface area contributed by atoms with Gasteiger partial charge in [-0.1, -0.05) is 69.7 Å². The van der Waals surface area contributed by atoms with Crippen LogP contribution in [0.2, 0.25) is 0 Å². The molecule has 3 aliphatic rings. The first kappa shape index (κ1) is 18.3. The van der Waals surface area contributed by atoms with Crippen molar-refractivity contribution in [1.29, 1.82) is 0 Å². The molecule has 2 nitrogen and oxygen atoms in total. The van der Waals surface area contributed by atoms with Crippen LogP contribution in [0.5, 0.6) is 0 Å². The molecule has 1 aliphatic heterocycles. The second-order valence-corrected chi connectivity index (χ2v) is 10.4. The van der Waals surface area contributed by atoms with Gasteiger partial charge in [-0.15, -0.1) is 0 Å². The van der Waals surface area contributed by atoms with Gasteiger partial charge in [0.15, 0.2) is 0 Å². The van der Waals surface area contributed by atoms with Crippen molar-refractivity contribution in [1.82, 2.24) is 10.2 Å². The van der Waals surface area contributed by atoms with Crippen LogP contribution in [-0.2, 0) is 0 Å². The highest BCUT2D eigenvalue weighted by Gasteiger charge is 2.54. The van der Waals surface area contributed by atoms with Gasteiger partial charge in [0.05, 0.1) is 0 Å². The van der Waals surface area contributed by atoms with Crippen LogP contribution < -0.4 is 5.32 Å². The van der Waals surface area contributed by atoms with Gasteiger partial charge in [0.25, 0.3) is 0 Å². The van der Waals surface area contributed by atoms with Gasteiger partial charge in [-0.3, -0.25) is 0 Å². The van der Waals surface area contributed by atoms with Crippen molar-refractivity contribution in [2.45, 2.75) is 65.5 Å². The first-order valence-electron chi connectivity index (χ1n) is 10.6. The molecule has 2 heteroatoms. The summed E-state index contributed by atoms with van der Waals surface area (Å²) in [6.07, 6.45) is 7.74. The van der Waals surface area contributed by atoms with Gasteiger partial charge >= 0.3 is 0 Å². The van der Waals surface area contributed by atoms with Crippen molar-refractivity contribution in [3.05, 3.63) is 41.5 Å². The topological polar surface area (TPSA) is 15.3 Å². The summed E-state index contributed by atoms with van der Waals surface area (Å²) in [7, 11) is 0. The highest BCUT2D eigenvalue weighted by molar-refractivity contribution is 5.54. The van der Waals surface area contributed by atoms with Crippen LogP contribution in [0.4, 0.5) is 0 Å². The molecule has 0 amide bonds. The quantitative estimate of drug-likeness (QED) is 0.778. The normalized spacial score (nSPS) is 28.7. The third kappa shape index (κ3) is 4.07. The Labute approximate surface area is 160 Å². The predicted octanol–water partition coefficient (Wildman–Crippen LogP) is 4.97. The van der Waals surface area contributed by atoms with Crippen LogP contribution in [-0.4, -0.2) is 36.6 Å². The van der Waals surface area contributed by atoms with E-state index in [4.69, 9.17) is 0 Å². The zero-order chi connectivity index (χ0) is 18.4. The Morgan fingerprint density at radius 3 is 2.50 bits per heavy atom. The van der Waals surface area contributed by atoms with Crippen molar-refractivity contribution < 1.29 is 0 Å². The Kier molecular flexibility index (Phi) is 4.77. The highest BCUT2D eigenvalue weighted by Crippen LogP contribution is 2.50. The van der Waals surface area contributed by atoms with Gasteiger partial charge in [0, 0.05) is 31.7 Å². The van der Waals surface area contributed by atoms with Crippen LogP contribution in [0.15, 0.2) is 35.9 Å². The van der Waals surface area contributed by atoms with Crippen molar-refractivity contribution >= 4 is 6.08 Å². The minimum atomic E-state index is 0.436. The monoisotopic (exact) mass is 352 g/mol. The number of rotatable bonds is 6. The largest absolute Gasteiger partial charge is 0.311 e. The Hall–Kier alpha value is -1.12. The zero-order valence-corrected chi connectivity index (χ0v) is 17.1. The van der Waals surface area contributed by atoms with Crippen LogP contribution in [0.1, 0.15) is 58.9 Å². The first-order chi connectivity index (χ1) is 12.4. The lowest BCUT2D eigenvalue weighted by atomic mass is 9.60. The first-order valence-corrected chi connectivity index (χ1v) is 10.6. The van der Waals surface area contributed by atoms with Gasteiger partial charge in [-0.2, -0.15) is 0 Å². The summed E-state index contributed by atoms with van der Waals surface area (Å²) in [6, 6.07) is 12.3. The lowest BCUT2D eigenvalue weighted by Gasteiger charge is -2.60. The Balaban J connectivity index is 1.22. The van der Waals surface area contributed by atoms with E-state index in [1.807, 2.05) is 0 Å². The molecule has 4 rings (SSSR count). The fourth-order valence-corrected chi connectivity index (χ4v) is 5.37. The number of likely N-dealkylation sites (tertiary alicyclic amines) is 1. The summed E-state index contributed by atoms with van der Waals surface area (Å²) < 4.78 is 0. The maximum Gasteiger partial charge on any atom is 0.0142 e. The SMILES string of the molecule is CC/C(=C\c1ccccc1)[C@@H]1C[C@H]1NC1CC2(C1)CN(CC(C)(C)C)C2. The summed E-state index contributed by atoms with van der Waals surface area (Å²) in [6.45, 7) is 13.3. The van der Waals surface area contributed by atoms with Gasteiger partial charge in [-0.25, -0.2) is 0 Å². The van der Waals surface area contributed by atoms with Gasteiger partial charge in [0.1, 0.15) is 0 Å². The number of hydrogen-bond acceptors (Lipinski definition) is 2. The maximum atomic E-state index is 3.97. The summed E-state index contributed by atoms with van der Waals surface area (Å²) in [5.74, 6) is 0.774. The van der Waals surface area contributed by atoms with E-state index in [1.165, 1.54) is 50.9 Å². The number of benzene rings is 1. The second kappa shape index (κ2) is 6.80. The molecule has 2 aliphatic carbocycles. The Bertz CT molecular complexity index is 641. The average molecular weight is 353 g/mol. The van der Waals surface area contributed by atoms with E-state index in [0.29, 0.717) is 10.8 Å². The van der Waals surface area contributed by atoms with Crippen LogP contribution in [0.25, 0.3) is 6.08 Å². The second-order valence-electron chi connectivity index (χ2n) is 10.4. The molecule has 1 spiro atoms. The molecular formula is C24H36N2. The fourth-order valence-electron chi connectivity index (χ4n) is 5.37. The van der Waals surface area contributed by atoms with E-state index in [9.17, 15) is 0 Å². The summed E-state index contributed by atoms with van der Waals surface area (Å²) in [5, 5.41) is 3.97. The van der Waals surface area contributed by atoms with Gasteiger partial charge in [0.2, 0.25) is 0 Å². The molecule has 0 unspecified atom stereocenters. The molecule has 1 N–H and O–H groups in total. The highest BCUT2D eigenvalue weighted by atomic mass is 15.2. The third-order valence-corrected chi connectivity index (χ3v) is 6.45. The summed E-state index contributed by atoms with van der Waals surface area (Å²) in [4.78, 5) is 2.66. The van der Waals surface area contributed by atoms with Gasteiger partial charge in [-0.05, 0) is 48.0 Å². The zero-order valence-electron chi connectivity index (χ0n) is 17.1. The predicted molar refractivity (Wildman–Crippen MR) is 111 cm³/mol. The minimum Gasteiger partial charge on any atom is -0.311 e. The molecule has 2 atom stereocenters. The third-order valence-electron chi connectivity index (χ3n) is 6.45. The Morgan fingerprint density at radius 2 is 1.88 bits per heavy atom. The van der Waals surface area contributed by atoms with E-state index in [2.05, 4.69) is 74.3 Å². The lowest BCUT2D eigenvalue weighted by molar-refractivity contribution is -0.0900. The smallest absolute Gasteiger partial charge is 0.0142 e. The van der Waals surface area contributed by atoms with E-state index in [-0.39, 0.29) is 0 Å². The summed E-state index contributed by atoms with van der Waals surface area (Å²) in [5.41, 5.74) is 4.08. The van der Waals surface area contributed by atoms with Crippen molar-refractivity contribution in [3.63, 3.8) is 0 Å². The molecule has 0 bridgehead atoms. The van der Waals surface area contributed by atoms with Gasteiger partial charge < -0.3 is 10.2 Å². The molecule has 2 saturated carbocycles. The average Bonchev–Trinajstić information content (AvgIpc) is 3.27. The Morgan fingerprint density at radius 1 is 1.19 bits per heavy atom. The molecule has 0 radical (unpaired) electrons. The molecule has 1 aromatic rings. The van der Waals surface area contributed by atoms with E-state index < -0.39 is 0 Å². The number of nitrogens with one attached hydrogen (secondary N) is 1. The maximum absolute atomic E-state index is 3.97. The molecular weight excluding hydrogens is 316 g/mol. The van der Waals surface area contributed by atoms with Crippen LogP contribution in [0, 0.1) is 16.7 Å². The molecule has 0 aromatic heterocycles. The van der Waals surface area contributed by atoms with E-state index >= 15 is 0 Å². The van der Waals surface area contributed by atoms with Crippen LogP contribution >= 0.6 is 0 Å².